The Kier molecular flexibility index (Phi) is 42.2. The summed E-state index contributed by atoms with van der Waals surface area (Å²) in [5.41, 5.74) is -9.12. The molecule has 0 bridgehead atoms. The van der Waals surface area contributed by atoms with Gasteiger partial charge in [-0.3, -0.25) is 38.6 Å². The van der Waals surface area contributed by atoms with Crippen LogP contribution < -0.4 is 0 Å². The number of aliphatic hydroxyl groups excluding tert-OH is 2. The van der Waals surface area contributed by atoms with Gasteiger partial charge >= 0.3 is 35.8 Å². The van der Waals surface area contributed by atoms with Crippen molar-refractivity contribution in [2.75, 3.05) is 88.5 Å². The highest BCUT2D eigenvalue weighted by Gasteiger charge is 2.58. The summed E-state index contributed by atoms with van der Waals surface area (Å²) in [5, 5.41) is 85.9. The third kappa shape index (κ3) is 28.7. The van der Waals surface area contributed by atoms with Crippen molar-refractivity contribution < 1.29 is 159 Å². The van der Waals surface area contributed by atoms with Crippen LogP contribution in [0.1, 0.15) is 218 Å². The molecular weight excluding hydrogens is 1650 g/mol. The molecule has 36 atom stereocenters. The standard InChI is InChI=1S/C89H156N4O33/c1-30-65-88(23,104)76(98)51(8)69(90-111-44-109-36-34-106-27)47(4)41-85(20,102)78(53(10)72(55(12)81(100)121-65)123-67-38-46(3)71(57(14)115-67)117-59(16)94)125-83-74(118-60(17)95)63(39-49(6)113-83)92(25)32-33-93(26)64-40-50(7)114-84(75(64)119-61(18)96)126-79-54(11)73(124-68-43-87(22,108-29)80(58(15)116-68)120-62(19)97)56(13)82(101)122-66(31-2)89(24,105)77(99)52(9)70(48(5)42-86(79,21)103)91-112-45-110-37-35-107-28/h46-58,63-68,71-80,83-84,98-99,102-105H,30-45H2,1-29H3/b90-69+,91-70+/t46?,47-,48-,49?,50?,51+,52+,53+,54+,55-,56-,57?,58?,63?,64?,65-,66-,67?,68?,71?,72+,73+,74?,75?,76-,77-,78-,79-,80?,83?,84?,85+,86+,87?,88-,89-/m1/s1. The van der Waals surface area contributed by atoms with Crippen LogP contribution in [-0.2, 0) is 128 Å². The first kappa shape index (κ1) is 110. The van der Waals surface area contributed by atoms with Crippen molar-refractivity contribution >= 4 is 47.2 Å². The number of ether oxygens (including phenoxy) is 19. The summed E-state index contributed by atoms with van der Waals surface area (Å²) >= 11 is 0. The molecule has 6 aliphatic heterocycles. The van der Waals surface area contributed by atoms with Crippen LogP contribution in [0.3, 0.4) is 0 Å². The molecule has 37 heteroatoms. The number of cyclic esters (lactones) is 2. The van der Waals surface area contributed by atoms with Gasteiger partial charge < -0.3 is 130 Å². The first-order valence-corrected chi connectivity index (χ1v) is 44.9. The summed E-state index contributed by atoms with van der Waals surface area (Å²) in [5.74, 6) is -12.8. The number of aliphatic hydroxyl groups is 6. The molecule has 730 valence electrons. The van der Waals surface area contributed by atoms with Crippen molar-refractivity contribution in [3.05, 3.63) is 0 Å². The second-order valence-electron chi connectivity index (χ2n) is 37.4. The van der Waals surface area contributed by atoms with E-state index in [9.17, 15) is 49.8 Å². The fraction of sp³-hybridized carbons (Fsp3) is 0.910. The lowest BCUT2D eigenvalue weighted by Gasteiger charge is -2.50. The maximum Gasteiger partial charge on any atom is 0.311 e. The van der Waals surface area contributed by atoms with Gasteiger partial charge in [0.05, 0.1) is 134 Å². The van der Waals surface area contributed by atoms with E-state index >= 15 is 9.59 Å². The Labute approximate surface area is 745 Å². The Morgan fingerprint density at radius 2 is 0.833 bits per heavy atom. The number of esters is 6. The van der Waals surface area contributed by atoms with Gasteiger partial charge in [0.25, 0.3) is 0 Å². The van der Waals surface area contributed by atoms with Crippen molar-refractivity contribution in [2.45, 2.75) is 380 Å². The van der Waals surface area contributed by atoms with Gasteiger partial charge in [-0.1, -0.05) is 72.6 Å². The second-order valence-corrected chi connectivity index (χ2v) is 37.4. The average Bonchev–Trinajstić information content (AvgIpc) is 0.760. The first-order chi connectivity index (χ1) is 58.8. The molecule has 6 saturated heterocycles. The molecular formula is C89H156N4O33. The number of nitrogens with zero attached hydrogens (tertiary/aromatic N) is 4. The van der Waals surface area contributed by atoms with E-state index in [4.69, 9.17) is 99.7 Å². The first-order valence-electron chi connectivity index (χ1n) is 44.9. The van der Waals surface area contributed by atoms with Gasteiger partial charge in [0, 0.05) is 116 Å². The molecule has 6 fully saturated rings. The fourth-order valence-electron chi connectivity index (χ4n) is 19.5. The van der Waals surface area contributed by atoms with Crippen molar-refractivity contribution in [3.63, 3.8) is 0 Å². The largest absolute Gasteiger partial charge is 0.460 e. The Morgan fingerprint density at radius 3 is 1.19 bits per heavy atom. The molecule has 0 aromatic rings. The summed E-state index contributed by atoms with van der Waals surface area (Å²) in [4.78, 5) is 98.3. The van der Waals surface area contributed by atoms with E-state index in [1.807, 2.05) is 44.7 Å². The number of methoxy groups -OCH3 is 3. The minimum atomic E-state index is -2.12. The minimum absolute atomic E-state index is 0.0337. The molecule has 0 aromatic heterocycles. The molecule has 0 amide bonds. The highest BCUT2D eigenvalue weighted by Crippen LogP contribution is 2.46. The molecule has 6 N–H and O–H groups in total. The minimum Gasteiger partial charge on any atom is -0.460 e. The number of hydrogen-bond donors (Lipinski definition) is 6. The van der Waals surface area contributed by atoms with Crippen LogP contribution in [0.5, 0.6) is 0 Å². The number of oxime groups is 2. The predicted octanol–water partition coefficient (Wildman–Crippen LogP) is 6.69. The summed E-state index contributed by atoms with van der Waals surface area (Å²) in [6, 6.07) is -1.42. The topological polar surface area (TPSA) is 449 Å². The van der Waals surface area contributed by atoms with Crippen molar-refractivity contribution in [1.29, 1.82) is 0 Å². The maximum absolute atomic E-state index is 15.2. The SMILES string of the molecule is CC[C@H]1OC(=O)[C@H](C)[C@@H](OC2CC(C)C(OC(C)=O)C(C)O2)[C@H](C)[C@@H](OC2OC(C)CC(N(C)CCN(C)C3CC(C)OC(O[C@@H]4[C@@H](C)[C@H](OC5CC(C)(OC)C(OC(C)=O)C(C)O5)[C@@H](C)C(=O)O[C@H](CC)[C@@](C)(O)[C@H](O)[C@@H](C)/C(=N/OCOCCOC)[C@H](C)C[C@]4(C)O)C3OC(C)=O)C2OC(C)=O)[C@@](C)(O)C[C@@H](C)/C(=N\OCOCCOC)[C@H](C)[C@@H](O)[C@]1(C)O. The maximum atomic E-state index is 15.2. The van der Waals surface area contributed by atoms with E-state index in [1.54, 1.807) is 96.9 Å². The molecule has 6 rings (SSSR count). The second kappa shape index (κ2) is 48.5. The van der Waals surface area contributed by atoms with Gasteiger partial charge in [-0.25, -0.2) is 0 Å². The summed E-state index contributed by atoms with van der Waals surface area (Å²) in [7, 11) is 8.18. The highest BCUT2D eigenvalue weighted by atomic mass is 16.8. The third-order valence-electron chi connectivity index (χ3n) is 26.4. The quantitative estimate of drug-likeness (QED) is 0.0134. The molecule has 0 aliphatic carbocycles. The monoisotopic (exact) mass is 1810 g/mol. The number of carbonyl (C=O) groups is 6. The van der Waals surface area contributed by atoms with E-state index < -0.39 is 246 Å². The van der Waals surface area contributed by atoms with Gasteiger partial charge in [0.2, 0.25) is 13.6 Å². The molecule has 0 saturated carbocycles. The average molecular weight is 1810 g/mol. The molecule has 126 heavy (non-hydrogen) atoms. The normalized spacial score (nSPS) is 42.4. The molecule has 16 unspecified atom stereocenters. The van der Waals surface area contributed by atoms with Gasteiger partial charge in [0.1, 0.15) is 35.1 Å². The lowest BCUT2D eigenvalue weighted by atomic mass is 9.73. The Hall–Kier alpha value is -5.08. The van der Waals surface area contributed by atoms with Crippen LogP contribution in [-0.4, -0.2) is 339 Å². The molecule has 6 heterocycles. The summed E-state index contributed by atoms with van der Waals surface area (Å²) in [6.45, 7) is 39.0. The van der Waals surface area contributed by atoms with E-state index in [2.05, 4.69) is 10.3 Å². The third-order valence-corrected chi connectivity index (χ3v) is 26.4. The van der Waals surface area contributed by atoms with Crippen LogP contribution >= 0.6 is 0 Å². The van der Waals surface area contributed by atoms with Crippen molar-refractivity contribution in [2.24, 2.45) is 63.6 Å². The van der Waals surface area contributed by atoms with E-state index in [-0.39, 0.29) is 122 Å². The zero-order valence-corrected chi connectivity index (χ0v) is 80.2. The van der Waals surface area contributed by atoms with Gasteiger partial charge in [-0.05, 0) is 129 Å². The van der Waals surface area contributed by atoms with Crippen LogP contribution in [0, 0.1) is 53.3 Å². The summed E-state index contributed by atoms with van der Waals surface area (Å²) < 4.78 is 120. The van der Waals surface area contributed by atoms with E-state index in [0.29, 0.717) is 0 Å². The van der Waals surface area contributed by atoms with Crippen molar-refractivity contribution in [1.82, 2.24) is 9.80 Å². The predicted molar refractivity (Wildman–Crippen MR) is 455 cm³/mol. The lowest BCUT2D eigenvalue weighted by molar-refractivity contribution is -0.319. The number of carbonyl (C=O) groups excluding carboxylic acids is 6. The van der Waals surface area contributed by atoms with Crippen LogP contribution in [0.25, 0.3) is 0 Å². The zero-order valence-electron chi connectivity index (χ0n) is 80.2. The van der Waals surface area contributed by atoms with Crippen LogP contribution in [0.2, 0.25) is 0 Å². The molecule has 37 nitrogen and oxygen atoms in total. The Balaban J connectivity index is 1.45. The number of likely N-dealkylation sites (N-methyl/N-ethyl adjacent to an activating group) is 2. The summed E-state index contributed by atoms with van der Waals surface area (Å²) in [6.07, 6.45) is -23.2. The van der Waals surface area contributed by atoms with E-state index in [1.165, 1.54) is 69.8 Å². The van der Waals surface area contributed by atoms with Crippen LogP contribution in [0.15, 0.2) is 10.3 Å². The fourth-order valence-corrected chi connectivity index (χ4v) is 19.5. The van der Waals surface area contributed by atoms with Crippen LogP contribution in [0.4, 0.5) is 0 Å². The number of rotatable bonds is 32. The molecule has 0 aromatic carbocycles. The van der Waals surface area contributed by atoms with E-state index in [0.717, 1.165) is 0 Å². The zero-order chi connectivity index (χ0) is 94.7. The highest BCUT2D eigenvalue weighted by molar-refractivity contribution is 5.89. The molecule has 0 spiro atoms. The van der Waals surface area contributed by atoms with Gasteiger partial charge in [-0.15, -0.1) is 0 Å². The molecule has 0 radical (unpaired) electrons. The van der Waals surface area contributed by atoms with Gasteiger partial charge in [0.15, 0.2) is 43.5 Å². The lowest BCUT2D eigenvalue weighted by Crippen LogP contribution is -2.63. The Bertz CT molecular complexity index is 3450. The Morgan fingerprint density at radius 1 is 0.460 bits per heavy atom. The smallest absolute Gasteiger partial charge is 0.311 e. The molecule has 6 aliphatic rings. The number of hydrogen-bond acceptors (Lipinski definition) is 37. The van der Waals surface area contributed by atoms with Crippen molar-refractivity contribution in [3.8, 4) is 0 Å². The van der Waals surface area contributed by atoms with Gasteiger partial charge in [-0.2, -0.15) is 0 Å².